The van der Waals surface area contributed by atoms with Gasteiger partial charge in [0.2, 0.25) is 0 Å². The summed E-state index contributed by atoms with van der Waals surface area (Å²) in [5.74, 6) is 0.982. The molecule has 118 valence electrons. The third-order valence-corrected chi connectivity index (χ3v) is 3.58. The summed E-state index contributed by atoms with van der Waals surface area (Å²) in [7, 11) is 1.57. The number of benzene rings is 2. The molecule has 0 aliphatic heterocycles. The van der Waals surface area contributed by atoms with Gasteiger partial charge in [-0.15, -0.1) is 0 Å². The quantitative estimate of drug-likeness (QED) is 0.736. The van der Waals surface area contributed by atoms with E-state index in [1.54, 1.807) is 19.2 Å². The number of carbonyl (C=O) groups is 1. The molecule has 0 spiro atoms. The van der Waals surface area contributed by atoms with Crippen LogP contribution in [0.25, 0.3) is 10.9 Å². The van der Waals surface area contributed by atoms with Crippen molar-refractivity contribution >= 4 is 16.8 Å². The van der Waals surface area contributed by atoms with E-state index in [4.69, 9.17) is 9.47 Å². The van der Waals surface area contributed by atoms with Crippen molar-refractivity contribution in [3.8, 4) is 11.5 Å². The number of rotatable bonds is 6. The van der Waals surface area contributed by atoms with Gasteiger partial charge in [-0.05, 0) is 23.8 Å². The fraction of sp³-hybridized carbons (Fsp3) is 0.167. The lowest BCUT2D eigenvalue weighted by Crippen LogP contribution is -2.28. The number of hydrogen-bond donors (Lipinski definition) is 2. The molecule has 1 amide bonds. The number of ether oxygens (including phenoxy) is 2. The van der Waals surface area contributed by atoms with Crippen molar-refractivity contribution in [2.24, 2.45) is 0 Å². The number of hydrogen-bond acceptors (Lipinski definition) is 3. The average molecular weight is 310 g/mol. The summed E-state index contributed by atoms with van der Waals surface area (Å²) in [6.07, 6.45) is 1.91. The summed E-state index contributed by atoms with van der Waals surface area (Å²) in [4.78, 5) is 15.1. The van der Waals surface area contributed by atoms with E-state index in [9.17, 15) is 4.79 Å². The first kappa shape index (κ1) is 15.0. The van der Waals surface area contributed by atoms with E-state index >= 15 is 0 Å². The van der Waals surface area contributed by atoms with E-state index < -0.39 is 0 Å². The Morgan fingerprint density at radius 3 is 2.65 bits per heavy atom. The maximum Gasteiger partial charge on any atom is 0.258 e. The molecular formula is C18H18N2O3. The van der Waals surface area contributed by atoms with E-state index in [0.29, 0.717) is 18.0 Å². The van der Waals surface area contributed by atoms with Gasteiger partial charge >= 0.3 is 0 Å². The van der Waals surface area contributed by atoms with E-state index in [-0.39, 0.29) is 12.5 Å². The van der Waals surface area contributed by atoms with Crippen LogP contribution in [0.2, 0.25) is 0 Å². The number of amides is 1. The molecule has 0 bridgehead atoms. The van der Waals surface area contributed by atoms with Gasteiger partial charge in [0, 0.05) is 23.6 Å². The molecule has 5 nitrogen and oxygen atoms in total. The number of fused-ring (bicyclic) bond motifs is 1. The van der Waals surface area contributed by atoms with Crippen LogP contribution >= 0.6 is 0 Å². The Labute approximate surface area is 134 Å². The fourth-order valence-electron chi connectivity index (χ4n) is 2.40. The first-order valence-electron chi connectivity index (χ1n) is 7.35. The lowest BCUT2D eigenvalue weighted by Gasteiger charge is -2.10. The molecule has 0 fully saturated rings. The van der Waals surface area contributed by atoms with Crippen molar-refractivity contribution in [1.29, 1.82) is 0 Å². The van der Waals surface area contributed by atoms with E-state index in [1.165, 1.54) is 0 Å². The van der Waals surface area contributed by atoms with Crippen LogP contribution in [0.15, 0.2) is 54.7 Å². The van der Waals surface area contributed by atoms with Gasteiger partial charge in [-0.1, -0.05) is 30.3 Å². The number of carbonyl (C=O) groups excluding carboxylic acids is 1. The van der Waals surface area contributed by atoms with Crippen LogP contribution in [0.4, 0.5) is 0 Å². The van der Waals surface area contributed by atoms with Crippen LogP contribution in [-0.4, -0.2) is 24.6 Å². The molecule has 5 heteroatoms. The van der Waals surface area contributed by atoms with E-state index in [2.05, 4.69) is 10.3 Å². The van der Waals surface area contributed by atoms with Crippen LogP contribution in [0.1, 0.15) is 5.56 Å². The molecule has 0 saturated heterocycles. The number of H-pyrrole nitrogens is 1. The summed E-state index contributed by atoms with van der Waals surface area (Å²) in [6.45, 7) is 0.404. The van der Waals surface area contributed by atoms with Crippen molar-refractivity contribution < 1.29 is 14.3 Å². The Balaban J connectivity index is 1.56. The molecular weight excluding hydrogens is 292 g/mol. The second kappa shape index (κ2) is 6.87. The molecule has 1 aromatic heterocycles. The highest BCUT2D eigenvalue weighted by Gasteiger charge is 2.08. The van der Waals surface area contributed by atoms with Crippen molar-refractivity contribution in [2.45, 2.75) is 6.54 Å². The van der Waals surface area contributed by atoms with Crippen LogP contribution in [-0.2, 0) is 11.3 Å². The van der Waals surface area contributed by atoms with Crippen molar-refractivity contribution in [2.75, 3.05) is 13.7 Å². The number of nitrogens with one attached hydrogen (secondary N) is 2. The predicted molar refractivity (Wildman–Crippen MR) is 88.6 cm³/mol. The minimum Gasteiger partial charge on any atom is -0.493 e. The molecule has 3 aromatic rings. The van der Waals surface area contributed by atoms with Crippen molar-refractivity contribution in [3.05, 3.63) is 60.3 Å². The molecule has 1 heterocycles. The average Bonchev–Trinajstić information content (AvgIpc) is 3.01. The van der Waals surface area contributed by atoms with Gasteiger partial charge in [0.15, 0.2) is 18.1 Å². The maximum atomic E-state index is 12.0. The zero-order valence-corrected chi connectivity index (χ0v) is 12.8. The van der Waals surface area contributed by atoms with E-state index in [1.807, 2.05) is 42.6 Å². The van der Waals surface area contributed by atoms with Gasteiger partial charge in [0.25, 0.3) is 5.91 Å². The molecule has 0 atom stereocenters. The summed E-state index contributed by atoms with van der Waals surface area (Å²) in [5, 5.41) is 3.97. The second-order valence-electron chi connectivity index (χ2n) is 5.08. The Hall–Kier alpha value is -2.95. The minimum atomic E-state index is -0.179. The highest BCUT2D eigenvalue weighted by atomic mass is 16.5. The molecule has 0 aliphatic carbocycles. The Morgan fingerprint density at radius 1 is 1.09 bits per heavy atom. The van der Waals surface area contributed by atoms with Crippen LogP contribution in [0.3, 0.4) is 0 Å². The summed E-state index contributed by atoms with van der Waals surface area (Å²) in [5.41, 5.74) is 2.10. The van der Waals surface area contributed by atoms with Crippen LogP contribution < -0.4 is 14.8 Å². The van der Waals surface area contributed by atoms with Crippen molar-refractivity contribution in [1.82, 2.24) is 10.3 Å². The van der Waals surface area contributed by atoms with Gasteiger partial charge in [0.05, 0.1) is 7.11 Å². The molecule has 23 heavy (non-hydrogen) atoms. The number of methoxy groups -OCH3 is 1. The zero-order valence-electron chi connectivity index (χ0n) is 12.8. The molecule has 0 unspecified atom stereocenters. The predicted octanol–water partition coefficient (Wildman–Crippen LogP) is 2.87. The summed E-state index contributed by atoms with van der Waals surface area (Å²) >= 11 is 0. The van der Waals surface area contributed by atoms with Crippen LogP contribution in [0.5, 0.6) is 11.5 Å². The fourth-order valence-corrected chi connectivity index (χ4v) is 2.40. The smallest absolute Gasteiger partial charge is 0.258 e. The van der Waals surface area contributed by atoms with Crippen LogP contribution in [0, 0.1) is 0 Å². The highest BCUT2D eigenvalue weighted by Crippen LogP contribution is 2.25. The van der Waals surface area contributed by atoms with Crippen molar-refractivity contribution in [3.63, 3.8) is 0 Å². The topological polar surface area (TPSA) is 63.4 Å². The maximum absolute atomic E-state index is 12.0. The number of para-hydroxylation sites is 3. The van der Waals surface area contributed by atoms with E-state index in [0.717, 1.165) is 16.5 Å². The molecule has 2 N–H and O–H groups in total. The summed E-state index contributed by atoms with van der Waals surface area (Å²) in [6, 6.07) is 15.2. The second-order valence-corrected chi connectivity index (χ2v) is 5.08. The first-order valence-corrected chi connectivity index (χ1v) is 7.35. The Bertz CT molecular complexity index is 811. The molecule has 0 radical (unpaired) electrons. The third-order valence-electron chi connectivity index (χ3n) is 3.58. The monoisotopic (exact) mass is 310 g/mol. The normalized spacial score (nSPS) is 10.5. The highest BCUT2D eigenvalue weighted by molar-refractivity contribution is 5.84. The standard InChI is InChI=1S/C18H18N2O3/c1-22-16-8-4-5-9-17(16)23-12-18(21)20-11-13-10-19-15-7-3-2-6-14(13)15/h2-10,19H,11-12H2,1H3,(H,20,21). The molecule has 0 aliphatic rings. The minimum absolute atomic E-state index is 0.0528. The summed E-state index contributed by atoms with van der Waals surface area (Å²) < 4.78 is 10.7. The van der Waals surface area contributed by atoms with Gasteiger partial charge < -0.3 is 19.8 Å². The van der Waals surface area contributed by atoms with Gasteiger partial charge in [-0.25, -0.2) is 0 Å². The lowest BCUT2D eigenvalue weighted by atomic mass is 10.2. The third kappa shape index (κ3) is 3.45. The lowest BCUT2D eigenvalue weighted by molar-refractivity contribution is -0.123. The number of aromatic nitrogens is 1. The SMILES string of the molecule is COc1ccccc1OCC(=O)NCc1c[nH]c2ccccc12. The molecule has 2 aromatic carbocycles. The number of aromatic amines is 1. The van der Waals surface area contributed by atoms with Gasteiger partial charge in [-0.2, -0.15) is 0 Å². The Morgan fingerprint density at radius 2 is 1.83 bits per heavy atom. The van der Waals surface area contributed by atoms with Gasteiger partial charge in [0.1, 0.15) is 0 Å². The first-order chi connectivity index (χ1) is 11.3. The zero-order chi connectivity index (χ0) is 16.1. The largest absolute Gasteiger partial charge is 0.493 e. The Kier molecular flexibility index (Phi) is 4.47. The molecule has 3 rings (SSSR count). The van der Waals surface area contributed by atoms with Gasteiger partial charge in [-0.3, -0.25) is 4.79 Å². The molecule has 0 saturated carbocycles.